The average Bonchev–Trinajstić information content (AvgIpc) is 2.90. The number of carboxylic acid groups (broad SMARTS) is 1. The van der Waals surface area contributed by atoms with Crippen molar-refractivity contribution in [1.29, 1.82) is 0 Å². The van der Waals surface area contributed by atoms with Gasteiger partial charge in [-0.3, -0.25) is 4.79 Å². The highest BCUT2D eigenvalue weighted by Gasteiger charge is 2.24. The van der Waals surface area contributed by atoms with E-state index in [1.54, 1.807) is 36.4 Å². The molecular formula is C17H10Cl2N2O3S. The molecule has 1 fully saturated rings. The zero-order valence-corrected chi connectivity index (χ0v) is 14.8. The van der Waals surface area contributed by atoms with Gasteiger partial charge in [-0.1, -0.05) is 35.3 Å². The molecule has 0 radical (unpaired) electrons. The summed E-state index contributed by atoms with van der Waals surface area (Å²) in [6, 6.07) is 11.2. The number of benzene rings is 2. The molecule has 0 spiro atoms. The Labute approximate surface area is 157 Å². The smallest absolute Gasteiger partial charge is 0.335 e. The van der Waals surface area contributed by atoms with Crippen LogP contribution in [0.25, 0.3) is 6.08 Å². The third kappa shape index (κ3) is 4.04. The number of carbonyl (C=O) groups excluding carboxylic acids is 1. The number of aliphatic imine (C=N–C) groups is 1. The van der Waals surface area contributed by atoms with Gasteiger partial charge in [0.2, 0.25) is 0 Å². The number of amidine groups is 1. The molecule has 1 aliphatic heterocycles. The lowest BCUT2D eigenvalue weighted by Crippen LogP contribution is -2.19. The van der Waals surface area contributed by atoms with Crippen LogP contribution in [-0.2, 0) is 4.79 Å². The van der Waals surface area contributed by atoms with Crippen LogP contribution < -0.4 is 5.32 Å². The fourth-order valence-corrected chi connectivity index (χ4v) is 3.42. The maximum atomic E-state index is 12.1. The van der Waals surface area contributed by atoms with E-state index in [-0.39, 0.29) is 11.5 Å². The highest BCUT2D eigenvalue weighted by Crippen LogP contribution is 2.32. The second-order valence-corrected chi connectivity index (χ2v) is 6.82. The third-order valence-corrected chi connectivity index (χ3v) is 4.82. The van der Waals surface area contributed by atoms with E-state index in [9.17, 15) is 9.59 Å². The Morgan fingerprint density at radius 2 is 1.84 bits per heavy atom. The zero-order valence-electron chi connectivity index (χ0n) is 12.5. The van der Waals surface area contributed by atoms with Crippen LogP contribution in [-0.4, -0.2) is 22.2 Å². The van der Waals surface area contributed by atoms with Gasteiger partial charge >= 0.3 is 5.97 Å². The zero-order chi connectivity index (χ0) is 18.0. The number of nitrogens with zero attached hydrogens (tertiary/aromatic N) is 1. The monoisotopic (exact) mass is 392 g/mol. The number of carboxylic acids is 1. The second kappa shape index (κ2) is 7.31. The molecule has 1 saturated heterocycles. The number of carbonyl (C=O) groups is 2. The molecule has 3 rings (SSSR count). The topological polar surface area (TPSA) is 78.8 Å². The minimum atomic E-state index is -1.04. The van der Waals surface area contributed by atoms with Crippen LogP contribution in [0.5, 0.6) is 0 Å². The lowest BCUT2D eigenvalue weighted by Gasteiger charge is -2.01. The first-order chi connectivity index (χ1) is 11.9. The summed E-state index contributed by atoms with van der Waals surface area (Å²) in [5.74, 6) is -1.37. The fraction of sp³-hybridized carbons (Fsp3) is 0. The number of rotatable bonds is 3. The Hall–Kier alpha value is -2.28. The first kappa shape index (κ1) is 17.5. The molecule has 2 aromatic carbocycles. The molecule has 0 aromatic heterocycles. The molecule has 1 amide bonds. The summed E-state index contributed by atoms with van der Waals surface area (Å²) >= 11 is 13.4. The molecule has 2 N–H and O–H groups in total. The van der Waals surface area contributed by atoms with Crippen molar-refractivity contribution in [1.82, 2.24) is 5.32 Å². The van der Waals surface area contributed by atoms with Crippen molar-refractivity contribution in [2.45, 2.75) is 0 Å². The van der Waals surface area contributed by atoms with Crippen LogP contribution in [0.4, 0.5) is 5.69 Å². The first-order valence-electron chi connectivity index (χ1n) is 7.01. The predicted molar refractivity (Wildman–Crippen MR) is 101 cm³/mol. The van der Waals surface area contributed by atoms with Crippen LogP contribution in [0.2, 0.25) is 10.0 Å². The number of thioether (sulfide) groups is 1. The van der Waals surface area contributed by atoms with Gasteiger partial charge in [-0.15, -0.1) is 0 Å². The minimum Gasteiger partial charge on any atom is -0.478 e. The Morgan fingerprint density at radius 3 is 2.52 bits per heavy atom. The maximum Gasteiger partial charge on any atom is 0.335 e. The van der Waals surface area contributed by atoms with Crippen molar-refractivity contribution in [3.05, 3.63) is 68.5 Å². The summed E-state index contributed by atoms with van der Waals surface area (Å²) in [6.07, 6.45) is 1.60. The van der Waals surface area contributed by atoms with Gasteiger partial charge in [0.05, 0.1) is 16.2 Å². The van der Waals surface area contributed by atoms with Crippen molar-refractivity contribution >= 4 is 63.8 Å². The van der Waals surface area contributed by atoms with Gasteiger partial charge in [0.25, 0.3) is 5.91 Å². The third-order valence-electron chi connectivity index (χ3n) is 3.25. The van der Waals surface area contributed by atoms with Gasteiger partial charge < -0.3 is 10.4 Å². The molecular weight excluding hydrogens is 383 g/mol. The van der Waals surface area contributed by atoms with Crippen molar-refractivity contribution in [2.24, 2.45) is 4.99 Å². The number of amides is 1. The van der Waals surface area contributed by atoms with E-state index >= 15 is 0 Å². The molecule has 1 aliphatic rings. The summed E-state index contributed by atoms with van der Waals surface area (Å²) < 4.78 is 0. The van der Waals surface area contributed by atoms with E-state index < -0.39 is 5.97 Å². The van der Waals surface area contributed by atoms with Gasteiger partial charge in [-0.25, -0.2) is 9.79 Å². The largest absolute Gasteiger partial charge is 0.478 e. The Bertz CT molecular complexity index is 921. The number of hydrogen-bond acceptors (Lipinski definition) is 4. The Morgan fingerprint density at radius 1 is 1.16 bits per heavy atom. The van der Waals surface area contributed by atoms with Crippen LogP contribution in [0.1, 0.15) is 15.9 Å². The van der Waals surface area contributed by atoms with E-state index in [1.807, 2.05) is 0 Å². The molecule has 0 saturated carbocycles. The van der Waals surface area contributed by atoms with Crippen LogP contribution in [0, 0.1) is 0 Å². The predicted octanol–water partition coefficient (Wildman–Crippen LogP) is 4.58. The quantitative estimate of drug-likeness (QED) is 0.748. The SMILES string of the molecule is O=C1NC(=Nc2cccc(C(=O)O)c2)S/C1=C\c1c(Cl)cccc1Cl. The highest BCUT2D eigenvalue weighted by molar-refractivity contribution is 8.18. The molecule has 1 heterocycles. The lowest BCUT2D eigenvalue weighted by molar-refractivity contribution is -0.115. The first-order valence-corrected chi connectivity index (χ1v) is 8.58. The molecule has 126 valence electrons. The van der Waals surface area contributed by atoms with Crippen LogP contribution in [0.3, 0.4) is 0 Å². The van der Waals surface area contributed by atoms with E-state index in [4.69, 9.17) is 28.3 Å². The average molecular weight is 393 g/mol. The van der Waals surface area contributed by atoms with Gasteiger partial charge in [0.1, 0.15) is 0 Å². The number of halogens is 2. The van der Waals surface area contributed by atoms with Gasteiger partial charge in [-0.05, 0) is 48.2 Å². The van der Waals surface area contributed by atoms with E-state index in [1.165, 1.54) is 12.1 Å². The lowest BCUT2D eigenvalue weighted by atomic mass is 10.2. The minimum absolute atomic E-state index is 0.120. The molecule has 0 atom stereocenters. The Balaban J connectivity index is 1.89. The van der Waals surface area contributed by atoms with Crippen molar-refractivity contribution in [3.8, 4) is 0 Å². The molecule has 0 unspecified atom stereocenters. The molecule has 8 heteroatoms. The van der Waals surface area contributed by atoms with Crippen LogP contribution >= 0.6 is 35.0 Å². The van der Waals surface area contributed by atoms with Gasteiger partial charge in [0.15, 0.2) is 5.17 Å². The summed E-state index contributed by atoms with van der Waals surface area (Å²) in [6.45, 7) is 0. The van der Waals surface area contributed by atoms with Crippen LogP contribution in [0.15, 0.2) is 52.4 Å². The normalized spacial score (nSPS) is 17.1. The molecule has 5 nitrogen and oxygen atoms in total. The Kier molecular flexibility index (Phi) is 5.13. The summed E-state index contributed by atoms with van der Waals surface area (Å²) in [4.78, 5) is 27.8. The van der Waals surface area contributed by atoms with Gasteiger partial charge in [-0.2, -0.15) is 0 Å². The summed E-state index contributed by atoms with van der Waals surface area (Å²) in [5, 5.41) is 12.9. The van der Waals surface area contributed by atoms with Crippen molar-refractivity contribution in [3.63, 3.8) is 0 Å². The summed E-state index contributed by atoms with van der Waals surface area (Å²) in [5.41, 5.74) is 1.10. The molecule has 0 aliphatic carbocycles. The molecule has 25 heavy (non-hydrogen) atoms. The van der Waals surface area contributed by atoms with E-state index in [0.29, 0.717) is 31.4 Å². The van der Waals surface area contributed by atoms with E-state index in [0.717, 1.165) is 11.8 Å². The maximum absolute atomic E-state index is 12.1. The second-order valence-electron chi connectivity index (χ2n) is 4.97. The van der Waals surface area contributed by atoms with E-state index in [2.05, 4.69) is 10.3 Å². The summed E-state index contributed by atoms with van der Waals surface area (Å²) in [7, 11) is 0. The van der Waals surface area contributed by atoms with Crippen molar-refractivity contribution in [2.75, 3.05) is 0 Å². The number of aromatic carboxylic acids is 1. The number of nitrogens with one attached hydrogen (secondary N) is 1. The standard InChI is InChI=1S/C17H10Cl2N2O3S/c18-12-5-2-6-13(19)11(12)8-14-15(22)21-17(25-14)20-10-4-1-3-9(7-10)16(23)24/h1-8H,(H,23,24)(H,20,21,22)/b14-8-. The molecule has 0 bridgehead atoms. The molecule has 2 aromatic rings. The highest BCUT2D eigenvalue weighted by atomic mass is 35.5. The van der Waals surface area contributed by atoms with Crippen molar-refractivity contribution < 1.29 is 14.7 Å². The fourth-order valence-electron chi connectivity index (χ4n) is 2.09. The van der Waals surface area contributed by atoms with Gasteiger partial charge in [0, 0.05) is 15.6 Å². The number of hydrogen-bond donors (Lipinski definition) is 2.